The lowest BCUT2D eigenvalue weighted by atomic mass is 10.3. The molecule has 2 N–H and O–H groups in total. The molecular weight excluding hydrogens is 356 g/mol. The van der Waals surface area contributed by atoms with E-state index in [0.717, 1.165) is 12.1 Å². The number of amides is 1. The molecule has 0 saturated carbocycles. The zero-order valence-electron chi connectivity index (χ0n) is 13.0. The normalized spacial score (nSPS) is 11.7. The molecule has 0 aromatic heterocycles. The second kappa shape index (κ2) is 9.19. The van der Waals surface area contributed by atoms with Gasteiger partial charge in [0.2, 0.25) is 0 Å². The van der Waals surface area contributed by atoms with Crippen LogP contribution in [0.2, 0.25) is 5.02 Å². The van der Waals surface area contributed by atoms with Gasteiger partial charge in [0.1, 0.15) is 24.3 Å². The first-order valence-electron chi connectivity index (χ1n) is 7.35. The summed E-state index contributed by atoms with van der Waals surface area (Å²) in [5.41, 5.74) is 0. The van der Waals surface area contributed by atoms with Crippen molar-refractivity contribution in [3.63, 3.8) is 0 Å². The fraction of sp³-hybridized carbons (Fsp3) is 0.235. The van der Waals surface area contributed by atoms with Gasteiger partial charge in [-0.2, -0.15) is 0 Å². The topological polar surface area (TPSA) is 67.8 Å². The Bertz CT molecular complexity index is 712. The first-order chi connectivity index (χ1) is 11.9. The van der Waals surface area contributed by atoms with Gasteiger partial charge in [0.25, 0.3) is 5.91 Å². The maximum Gasteiger partial charge on any atom is 0.258 e. The van der Waals surface area contributed by atoms with E-state index in [1.807, 2.05) is 0 Å². The number of ether oxygens (including phenoxy) is 2. The minimum Gasteiger partial charge on any atom is -0.491 e. The van der Waals surface area contributed by atoms with Crippen LogP contribution in [0.3, 0.4) is 0 Å². The number of benzene rings is 2. The van der Waals surface area contributed by atoms with Crippen molar-refractivity contribution in [3.05, 3.63) is 59.1 Å². The van der Waals surface area contributed by atoms with E-state index in [1.165, 1.54) is 0 Å². The Morgan fingerprint density at radius 1 is 1.16 bits per heavy atom. The highest BCUT2D eigenvalue weighted by Gasteiger charge is 2.11. The van der Waals surface area contributed by atoms with Gasteiger partial charge in [0.05, 0.1) is 0 Å². The fourth-order valence-corrected chi connectivity index (χ4v) is 1.93. The van der Waals surface area contributed by atoms with Gasteiger partial charge in [0.15, 0.2) is 18.2 Å². The summed E-state index contributed by atoms with van der Waals surface area (Å²) in [7, 11) is 0. The lowest BCUT2D eigenvalue weighted by Crippen LogP contribution is -2.37. The molecule has 0 aliphatic carbocycles. The summed E-state index contributed by atoms with van der Waals surface area (Å²) in [4.78, 5) is 11.6. The minimum absolute atomic E-state index is 0.0324. The molecule has 0 heterocycles. The Labute approximate surface area is 148 Å². The quantitative estimate of drug-likeness (QED) is 0.748. The first-order valence-corrected chi connectivity index (χ1v) is 7.73. The third kappa shape index (κ3) is 6.56. The largest absolute Gasteiger partial charge is 0.491 e. The van der Waals surface area contributed by atoms with Gasteiger partial charge in [-0.1, -0.05) is 11.6 Å². The Morgan fingerprint density at radius 2 is 1.88 bits per heavy atom. The number of halogens is 3. The predicted octanol–water partition coefficient (Wildman–Crippen LogP) is 2.55. The number of nitrogens with one attached hydrogen (secondary N) is 1. The zero-order chi connectivity index (χ0) is 18.2. The average Bonchev–Trinajstić information content (AvgIpc) is 2.58. The molecule has 0 spiro atoms. The number of rotatable bonds is 8. The van der Waals surface area contributed by atoms with Crippen LogP contribution >= 0.6 is 11.6 Å². The van der Waals surface area contributed by atoms with Gasteiger partial charge < -0.3 is 19.9 Å². The molecule has 25 heavy (non-hydrogen) atoms. The van der Waals surface area contributed by atoms with Crippen LogP contribution in [0.5, 0.6) is 11.5 Å². The fourth-order valence-electron chi connectivity index (χ4n) is 1.80. The van der Waals surface area contributed by atoms with E-state index in [9.17, 15) is 18.7 Å². The summed E-state index contributed by atoms with van der Waals surface area (Å²) in [5.74, 6) is -1.90. The standard InChI is InChI=1S/C17H16ClF2NO4/c18-11-1-4-14(5-2-11)24-9-13(22)8-21-17(23)10-25-16-6-3-12(19)7-15(16)20/h1-7,13,22H,8-10H2,(H,21,23)/t13-/m0/s1. The van der Waals surface area contributed by atoms with Crippen molar-refractivity contribution in [2.24, 2.45) is 0 Å². The number of hydrogen-bond acceptors (Lipinski definition) is 4. The van der Waals surface area contributed by atoms with Gasteiger partial charge in [-0.3, -0.25) is 4.79 Å². The molecule has 2 aromatic rings. The van der Waals surface area contributed by atoms with E-state index in [-0.39, 0.29) is 18.9 Å². The zero-order valence-corrected chi connectivity index (χ0v) is 13.8. The van der Waals surface area contributed by atoms with Crippen molar-refractivity contribution >= 4 is 17.5 Å². The third-order valence-corrected chi connectivity index (χ3v) is 3.30. The van der Waals surface area contributed by atoms with Crippen molar-refractivity contribution < 1.29 is 28.2 Å². The molecule has 134 valence electrons. The number of carbonyl (C=O) groups excluding carboxylic acids is 1. The van der Waals surface area contributed by atoms with Crippen LogP contribution in [0.1, 0.15) is 0 Å². The minimum atomic E-state index is -0.942. The van der Waals surface area contributed by atoms with Crippen LogP contribution in [0.25, 0.3) is 0 Å². The summed E-state index contributed by atoms with van der Waals surface area (Å²) in [6.45, 7) is -0.565. The summed E-state index contributed by atoms with van der Waals surface area (Å²) < 4.78 is 36.4. The molecule has 0 bridgehead atoms. The molecule has 1 amide bonds. The van der Waals surface area contributed by atoms with Gasteiger partial charge in [0, 0.05) is 17.6 Å². The second-order valence-corrected chi connectivity index (χ2v) is 5.52. The molecule has 2 rings (SSSR count). The Morgan fingerprint density at radius 3 is 2.56 bits per heavy atom. The molecule has 8 heteroatoms. The van der Waals surface area contributed by atoms with E-state index < -0.39 is 30.3 Å². The maximum absolute atomic E-state index is 13.3. The predicted molar refractivity (Wildman–Crippen MR) is 87.8 cm³/mol. The molecule has 1 atom stereocenters. The summed E-state index contributed by atoms with van der Waals surface area (Å²) in [5, 5.41) is 12.8. The van der Waals surface area contributed by atoms with E-state index in [4.69, 9.17) is 21.1 Å². The molecule has 0 aliphatic heterocycles. The van der Waals surface area contributed by atoms with E-state index >= 15 is 0 Å². The van der Waals surface area contributed by atoms with Crippen LogP contribution in [0.4, 0.5) is 8.78 Å². The maximum atomic E-state index is 13.3. The molecule has 2 aromatic carbocycles. The molecule has 0 fully saturated rings. The summed E-state index contributed by atoms with van der Waals surface area (Å²) in [6.07, 6.45) is -0.942. The molecule has 0 saturated heterocycles. The average molecular weight is 372 g/mol. The van der Waals surface area contributed by atoms with E-state index in [0.29, 0.717) is 16.8 Å². The number of aliphatic hydroxyl groups is 1. The highest BCUT2D eigenvalue weighted by atomic mass is 35.5. The number of hydrogen-bond donors (Lipinski definition) is 2. The van der Waals surface area contributed by atoms with Crippen LogP contribution in [-0.2, 0) is 4.79 Å². The lowest BCUT2D eigenvalue weighted by Gasteiger charge is -2.13. The van der Waals surface area contributed by atoms with Crippen molar-refractivity contribution in [1.82, 2.24) is 5.32 Å². The van der Waals surface area contributed by atoms with Crippen LogP contribution in [-0.4, -0.2) is 36.9 Å². The van der Waals surface area contributed by atoms with Gasteiger partial charge in [-0.05, 0) is 36.4 Å². The van der Waals surface area contributed by atoms with Crippen LogP contribution in [0, 0.1) is 11.6 Å². The summed E-state index contributed by atoms with van der Waals surface area (Å²) in [6, 6.07) is 9.37. The lowest BCUT2D eigenvalue weighted by molar-refractivity contribution is -0.123. The van der Waals surface area contributed by atoms with E-state index in [1.54, 1.807) is 24.3 Å². The van der Waals surface area contributed by atoms with E-state index in [2.05, 4.69) is 5.32 Å². The van der Waals surface area contributed by atoms with Gasteiger partial charge in [-0.15, -0.1) is 0 Å². The van der Waals surface area contributed by atoms with Crippen molar-refractivity contribution in [2.45, 2.75) is 6.10 Å². The second-order valence-electron chi connectivity index (χ2n) is 5.09. The highest BCUT2D eigenvalue weighted by molar-refractivity contribution is 6.30. The summed E-state index contributed by atoms with van der Waals surface area (Å²) >= 11 is 5.74. The van der Waals surface area contributed by atoms with Crippen LogP contribution < -0.4 is 14.8 Å². The van der Waals surface area contributed by atoms with Gasteiger partial charge >= 0.3 is 0 Å². The monoisotopic (exact) mass is 371 g/mol. The first kappa shape index (κ1) is 19.0. The molecule has 0 radical (unpaired) electrons. The van der Waals surface area contributed by atoms with Crippen molar-refractivity contribution in [1.29, 1.82) is 0 Å². The molecule has 0 unspecified atom stereocenters. The Hall–Kier alpha value is -2.38. The molecule has 0 aliphatic rings. The SMILES string of the molecule is O=C(COc1ccc(F)cc1F)NC[C@H](O)COc1ccc(Cl)cc1. The number of aliphatic hydroxyl groups excluding tert-OH is 1. The van der Waals surface area contributed by atoms with Crippen molar-refractivity contribution in [2.75, 3.05) is 19.8 Å². The number of carbonyl (C=O) groups is 1. The van der Waals surface area contributed by atoms with Crippen LogP contribution in [0.15, 0.2) is 42.5 Å². The van der Waals surface area contributed by atoms with Gasteiger partial charge in [-0.25, -0.2) is 8.78 Å². The Kier molecular flexibility index (Phi) is 6.97. The molecular formula is C17H16ClF2NO4. The Balaban J connectivity index is 1.67. The highest BCUT2D eigenvalue weighted by Crippen LogP contribution is 2.17. The molecule has 5 nitrogen and oxygen atoms in total. The smallest absolute Gasteiger partial charge is 0.258 e. The third-order valence-electron chi connectivity index (χ3n) is 3.04. The van der Waals surface area contributed by atoms with Crippen molar-refractivity contribution in [3.8, 4) is 11.5 Å².